The van der Waals surface area contributed by atoms with Crippen LogP contribution in [0.25, 0.3) is 4.85 Å². The Hall–Kier alpha value is -0.590. The van der Waals surface area contributed by atoms with E-state index in [0.29, 0.717) is 13.0 Å². The normalized spacial score (nSPS) is 15.7. The van der Waals surface area contributed by atoms with Gasteiger partial charge in [-0.15, -0.1) is 0 Å². The van der Waals surface area contributed by atoms with Crippen LogP contribution in [0.4, 0.5) is 0 Å². The van der Waals surface area contributed by atoms with Crippen molar-refractivity contribution in [2.45, 2.75) is 38.9 Å². The molecule has 1 atom stereocenters. The number of hydrogen-bond donors (Lipinski definition) is 1. The molecule has 0 aromatic heterocycles. The van der Waals surface area contributed by atoms with Crippen LogP contribution in [0.5, 0.6) is 0 Å². The van der Waals surface area contributed by atoms with E-state index in [-0.39, 0.29) is 12.6 Å². The minimum Gasteiger partial charge on any atom is -0.382 e. The fourth-order valence-electron chi connectivity index (χ4n) is 0.764. The van der Waals surface area contributed by atoms with Crippen molar-refractivity contribution in [1.82, 2.24) is 0 Å². The Morgan fingerprint density at radius 3 is 2.58 bits per heavy atom. The van der Waals surface area contributed by atoms with Crippen LogP contribution in [-0.2, 0) is 4.74 Å². The third-order valence-electron chi connectivity index (χ3n) is 1.51. The largest absolute Gasteiger partial charge is 0.382 e. The van der Waals surface area contributed by atoms with Crippen LogP contribution in [0.3, 0.4) is 0 Å². The van der Waals surface area contributed by atoms with Crippen molar-refractivity contribution in [3.05, 3.63) is 11.4 Å². The van der Waals surface area contributed by atoms with Crippen molar-refractivity contribution in [2.24, 2.45) is 0 Å². The first-order chi connectivity index (χ1) is 5.48. The maximum absolute atomic E-state index is 9.53. The predicted octanol–water partition coefficient (Wildman–Crippen LogP) is 1.47. The van der Waals surface area contributed by atoms with Gasteiger partial charge in [-0.05, 0) is 20.8 Å². The van der Waals surface area contributed by atoms with Crippen molar-refractivity contribution < 1.29 is 9.84 Å². The molecule has 0 saturated carbocycles. The van der Waals surface area contributed by atoms with Gasteiger partial charge in [0, 0.05) is 13.0 Å². The molecule has 0 aliphatic heterocycles. The highest BCUT2D eigenvalue weighted by atomic mass is 16.5. The highest BCUT2D eigenvalue weighted by Gasteiger charge is 2.23. The Kier molecular flexibility index (Phi) is 4.87. The molecule has 0 aliphatic carbocycles. The Morgan fingerprint density at radius 1 is 1.58 bits per heavy atom. The molecule has 0 heterocycles. The maximum Gasteiger partial charge on any atom is 0.242 e. The third kappa shape index (κ3) is 6.14. The molecular weight excluding hydrogens is 154 g/mol. The summed E-state index contributed by atoms with van der Waals surface area (Å²) in [6, 6.07) is 0. The van der Waals surface area contributed by atoms with Crippen molar-refractivity contribution >= 4 is 0 Å². The van der Waals surface area contributed by atoms with Gasteiger partial charge >= 0.3 is 0 Å². The van der Waals surface area contributed by atoms with Gasteiger partial charge in [0.1, 0.15) is 5.60 Å². The fourth-order valence-corrected chi connectivity index (χ4v) is 0.764. The van der Waals surface area contributed by atoms with Crippen molar-refractivity contribution in [3.8, 4) is 0 Å². The molecule has 0 aromatic rings. The molecule has 12 heavy (non-hydrogen) atoms. The highest BCUT2D eigenvalue weighted by Crippen LogP contribution is 2.10. The first kappa shape index (κ1) is 11.4. The number of nitrogens with zero attached hydrogens (tertiary/aromatic N) is 1. The monoisotopic (exact) mass is 171 g/mol. The number of aliphatic hydroxyl groups is 1. The number of rotatable bonds is 5. The second kappa shape index (κ2) is 5.13. The van der Waals surface area contributed by atoms with Crippen LogP contribution in [0, 0.1) is 6.57 Å². The van der Waals surface area contributed by atoms with Crippen LogP contribution < -0.4 is 0 Å². The summed E-state index contributed by atoms with van der Waals surface area (Å²) in [7, 11) is 0. The second-order valence-corrected chi connectivity index (χ2v) is 3.48. The highest BCUT2D eigenvalue weighted by molar-refractivity contribution is 4.81. The average Bonchev–Trinajstić information content (AvgIpc) is 1.85. The lowest BCUT2D eigenvalue weighted by Gasteiger charge is -2.17. The summed E-state index contributed by atoms with van der Waals surface area (Å²) in [4.78, 5) is 3.15. The minimum atomic E-state index is -0.892. The van der Waals surface area contributed by atoms with Crippen LogP contribution in [0.1, 0.15) is 27.2 Å². The molecule has 1 unspecified atom stereocenters. The van der Waals surface area contributed by atoms with E-state index >= 15 is 0 Å². The smallest absolute Gasteiger partial charge is 0.242 e. The van der Waals surface area contributed by atoms with Gasteiger partial charge in [-0.1, -0.05) is 0 Å². The van der Waals surface area contributed by atoms with E-state index in [0.717, 1.165) is 0 Å². The van der Waals surface area contributed by atoms with E-state index in [1.165, 1.54) is 0 Å². The van der Waals surface area contributed by atoms with Gasteiger partial charge in [-0.3, -0.25) is 0 Å². The van der Waals surface area contributed by atoms with Gasteiger partial charge in [0.05, 0.1) is 6.10 Å². The Morgan fingerprint density at radius 2 is 2.17 bits per heavy atom. The van der Waals surface area contributed by atoms with E-state index < -0.39 is 5.60 Å². The molecule has 0 spiro atoms. The molecule has 70 valence electrons. The lowest BCUT2D eigenvalue weighted by Crippen LogP contribution is -2.29. The van der Waals surface area contributed by atoms with Crippen molar-refractivity contribution in [3.63, 3.8) is 0 Å². The molecule has 0 saturated heterocycles. The van der Waals surface area contributed by atoms with Crippen molar-refractivity contribution in [2.75, 3.05) is 13.2 Å². The second-order valence-electron chi connectivity index (χ2n) is 3.48. The van der Waals surface area contributed by atoms with Gasteiger partial charge in [0.25, 0.3) is 0 Å². The molecule has 0 amide bonds. The molecule has 0 rings (SSSR count). The lowest BCUT2D eigenvalue weighted by molar-refractivity contribution is 0.00815. The zero-order valence-corrected chi connectivity index (χ0v) is 8.00. The van der Waals surface area contributed by atoms with Crippen LogP contribution in [-0.4, -0.2) is 30.0 Å². The first-order valence-corrected chi connectivity index (χ1v) is 4.15. The molecule has 0 aromatic carbocycles. The van der Waals surface area contributed by atoms with Crippen LogP contribution in [0.2, 0.25) is 0 Å². The summed E-state index contributed by atoms with van der Waals surface area (Å²) < 4.78 is 5.26. The van der Waals surface area contributed by atoms with Crippen LogP contribution >= 0.6 is 0 Å². The Bertz CT molecular complexity index is 158. The van der Waals surface area contributed by atoms with Gasteiger partial charge in [0.15, 0.2) is 0 Å². The van der Waals surface area contributed by atoms with Crippen molar-refractivity contribution in [1.29, 1.82) is 0 Å². The lowest BCUT2D eigenvalue weighted by atomic mass is 10.0. The summed E-state index contributed by atoms with van der Waals surface area (Å²) in [6.45, 7) is 12.8. The number of hydrogen-bond acceptors (Lipinski definition) is 2. The molecule has 0 fully saturated rings. The molecule has 1 N–H and O–H groups in total. The Labute approximate surface area is 74.2 Å². The summed E-state index contributed by atoms with van der Waals surface area (Å²) >= 11 is 0. The number of ether oxygens (including phenoxy) is 1. The summed E-state index contributed by atoms with van der Waals surface area (Å²) in [5.74, 6) is 0. The molecule has 0 radical (unpaired) electrons. The molecule has 3 heteroatoms. The van der Waals surface area contributed by atoms with Gasteiger partial charge in [0.2, 0.25) is 6.54 Å². The zero-order valence-electron chi connectivity index (χ0n) is 8.00. The molecular formula is C9H17NO2. The predicted molar refractivity (Wildman–Crippen MR) is 47.8 cm³/mol. The first-order valence-electron chi connectivity index (χ1n) is 4.15. The fraction of sp³-hybridized carbons (Fsp3) is 0.889. The maximum atomic E-state index is 9.53. The quantitative estimate of drug-likeness (QED) is 0.635. The SMILES string of the molecule is [C-]#[N+]CC(C)(O)CCOC(C)C. The topological polar surface area (TPSA) is 33.8 Å². The summed E-state index contributed by atoms with van der Waals surface area (Å²) in [5, 5.41) is 9.53. The third-order valence-corrected chi connectivity index (χ3v) is 1.51. The summed E-state index contributed by atoms with van der Waals surface area (Å²) in [6.07, 6.45) is 0.710. The summed E-state index contributed by atoms with van der Waals surface area (Å²) in [5.41, 5.74) is -0.892. The van der Waals surface area contributed by atoms with E-state index in [1.807, 2.05) is 13.8 Å². The zero-order chi connectivity index (χ0) is 9.61. The minimum absolute atomic E-state index is 0.147. The standard InChI is InChI=1S/C9H17NO2/c1-8(2)12-6-5-9(3,11)7-10-4/h8,11H,5-7H2,1-3H3. The van der Waals surface area contributed by atoms with Gasteiger partial charge in [-0.25, -0.2) is 6.57 Å². The Balaban J connectivity index is 3.55. The van der Waals surface area contributed by atoms with E-state index in [9.17, 15) is 5.11 Å². The molecule has 0 aliphatic rings. The average molecular weight is 171 g/mol. The van der Waals surface area contributed by atoms with Gasteiger partial charge in [-0.2, -0.15) is 0 Å². The molecule has 0 bridgehead atoms. The van der Waals surface area contributed by atoms with Gasteiger partial charge < -0.3 is 14.7 Å². The van der Waals surface area contributed by atoms with E-state index in [1.54, 1.807) is 6.92 Å². The van der Waals surface area contributed by atoms with E-state index in [2.05, 4.69) is 4.85 Å². The molecule has 3 nitrogen and oxygen atoms in total. The van der Waals surface area contributed by atoms with E-state index in [4.69, 9.17) is 11.3 Å². The van der Waals surface area contributed by atoms with Crippen LogP contribution in [0.15, 0.2) is 0 Å².